The fourth-order valence-corrected chi connectivity index (χ4v) is 3.09. The average molecular weight is 379 g/mol. The zero-order valence-electron chi connectivity index (χ0n) is 14.2. The predicted molar refractivity (Wildman–Crippen MR) is 103 cm³/mol. The van der Waals surface area contributed by atoms with Crippen LogP contribution in [0.15, 0.2) is 42.5 Å². The molecule has 0 heterocycles. The van der Waals surface area contributed by atoms with Gasteiger partial charge >= 0.3 is 6.03 Å². The van der Waals surface area contributed by atoms with Gasteiger partial charge in [0.15, 0.2) is 0 Å². The van der Waals surface area contributed by atoms with Crippen LogP contribution in [0.2, 0.25) is 10.0 Å². The number of rotatable bonds is 5. The minimum atomic E-state index is -0.623. The van der Waals surface area contributed by atoms with Crippen LogP contribution in [0.4, 0.5) is 10.5 Å². The summed E-state index contributed by atoms with van der Waals surface area (Å²) in [5.41, 5.74) is 2.02. The summed E-state index contributed by atoms with van der Waals surface area (Å²) < 4.78 is 0. The molecule has 6 heteroatoms. The summed E-state index contributed by atoms with van der Waals surface area (Å²) in [6.07, 6.45) is 2.05. The van der Waals surface area contributed by atoms with Gasteiger partial charge < -0.3 is 0 Å². The molecule has 0 aromatic heterocycles. The van der Waals surface area contributed by atoms with E-state index in [-0.39, 0.29) is 15.6 Å². The van der Waals surface area contributed by atoms with Gasteiger partial charge in [-0.25, -0.2) is 4.79 Å². The quantitative estimate of drug-likeness (QED) is 0.764. The Kier molecular flexibility index (Phi) is 6.85. The van der Waals surface area contributed by atoms with E-state index in [1.54, 1.807) is 18.2 Å². The third-order valence-electron chi connectivity index (χ3n) is 3.76. The average Bonchev–Trinajstić information content (AvgIpc) is 2.57. The lowest BCUT2D eigenvalue weighted by Crippen LogP contribution is -2.43. The molecule has 0 atom stereocenters. The van der Waals surface area contributed by atoms with Crippen molar-refractivity contribution in [1.29, 1.82) is 0 Å². The Morgan fingerprint density at radius 1 is 1.00 bits per heavy atom. The van der Waals surface area contributed by atoms with Gasteiger partial charge in [-0.3, -0.25) is 15.0 Å². The van der Waals surface area contributed by atoms with Crippen molar-refractivity contribution in [2.45, 2.75) is 26.7 Å². The summed E-state index contributed by atoms with van der Waals surface area (Å²) in [7, 11) is 0. The van der Waals surface area contributed by atoms with E-state index in [1.807, 2.05) is 31.2 Å². The lowest BCUT2D eigenvalue weighted by Gasteiger charge is -2.21. The molecule has 25 heavy (non-hydrogen) atoms. The summed E-state index contributed by atoms with van der Waals surface area (Å²) in [6.45, 7) is 4.38. The Bertz CT molecular complexity index is 740. The minimum absolute atomic E-state index is 0.0912. The number of benzene rings is 2. The maximum atomic E-state index is 12.5. The maximum Gasteiger partial charge on any atom is 0.328 e. The first-order valence-electron chi connectivity index (χ1n) is 8.13. The first kappa shape index (κ1) is 19.3. The normalized spacial score (nSPS) is 10.4. The van der Waals surface area contributed by atoms with E-state index in [2.05, 4.69) is 12.2 Å². The number of halogens is 2. The van der Waals surface area contributed by atoms with Gasteiger partial charge in [-0.2, -0.15) is 0 Å². The molecule has 2 rings (SSSR count). The molecular weight excluding hydrogens is 359 g/mol. The SMILES string of the molecule is CCCc1ccc(N(CC)C(=O)NC(=O)c2c(Cl)cccc2Cl)cc1. The molecule has 0 bridgehead atoms. The van der Waals surface area contributed by atoms with Crippen LogP contribution in [0.1, 0.15) is 36.2 Å². The molecule has 0 aliphatic heterocycles. The number of imide groups is 1. The van der Waals surface area contributed by atoms with Crippen molar-refractivity contribution in [2.24, 2.45) is 0 Å². The molecule has 0 aliphatic rings. The van der Waals surface area contributed by atoms with Crippen LogP contribution in [-0.4, -0.2) is 18.5 Å². The van der Waals surface area contributed by atoms with Gasteiger partial charge in [-0.15, -0.1) is 0 Å². The number of urea groups is 1. The zero-order valence-corrected chi connectivity index (χ0v) is 15.7. The van der Waals surface area contributed by atoms with E-state index < -0.39 is 11.9 Å². The lowest BCUT2D eigenvalue weighted by atomic mass is 10.1. The topological polar surface area (TPSA) is 49.4 Å². The zero-order chi connectivity index (χ0) is 18.4. The van der Waals surface area contributed by atoms with Gasteiger partial charge in [0.05, 0.1) is 15.6 Å². The molecular formula is C19H20Cl2N2O2. The van der Waals surface area contributed by atoms with Crippen LogP contribution in [0.3, 0.4) is 0 Å². The predicted octanol–water partition coefficient (Wildman–Crippen LogP) is 5.32. The minimum Gasteiger partial charge on any atom is -0.294 e. The number of nitrogens with zero attached hydrogens (tertiary/aromatic N) is 1. The fraction of sp³-hybridized carbons (Fsp3) is 0.263. The Morgan fingerprint density at radius 3 is 2.12 bits per heavy atom. The van der Waals surface area contributed by atoms with E-state index >= 15 is 0 Å². The van der Waals surface area contributed by atoms with Gasteiger partial charge in [0, 0.05) is 12.2 Å². The first-order chi connectivity index (χ1) is 12.0. The molecule has 0 aliphatic carbocycles. The van der Waals surface area contributed by atoms with Gasteiger partial charge in [-0.05, 0) is 43.2 Å². The van der Waals surface area contributed by atoms with Crippen LogP contribution < -0.4 is 10.2 Å². The summed E-state index contributed by atoms with van der Waals surface area (Å²) in [6, 6.07) is 11.9. The Labute approximate surface area is 157 Å². The third kappa shape index (κ3) is 4.74. The number of amides is 3. The van der Waals surface area contributed by atoms with E-state index in [9.17, 15) is 9.59 Å². The van der Waals surface area contributed by atoms with Gasteiger partial charge in [-0.1, -0.05) is 54.7 Å². The van der Waals surface area contributed by atoms with Gasteiger partial charge in [0.25, 0.3) is 5.91 Å². The largest absolute Gasteiger partial charge is 0.328 e. The van der Waals surface area contributed by atoms with Gasteiger partial charge in [0.1, 0.15) is 0 Å². The summed E-state index contributed by atoms with van der Waals surface area (Å²) >= 11 is 12.0. The molecule has 0 saturated carbocycles. The molecule has 0 unspecified atom stereocenters. The van der Waals surface area contributed by atoms with Crippen LogP contribution in [0.25, 0.3) is 0 Å². The Morgan fingerprint density at radius 2 is 1.60 bits per heavy atom. The van der Waals surface area contributed by atoms with Crippen molar-refractivity contribution in [2.75, 3.05) is 11.4 Å². The number of aryl methyl sites for hydroxylation is 1. The van der Waals surface area contributed by atoms with Crippen molar-refractivity contribution in [3.05, 3.63) is 63.6 Å². The van der Waals surface area contributed by atoms with Crippen LogP contribution in [0, 0.1) is 0 Å². The van der Waals surface area contributed by atoms with Crippen LogP contribution >= 0.6 is 23.2 Å². The molecule has 0 spiro atoms. The molecule has 3 amide bonds. The highest BCUT2D eigenvalue weighted by Gasteiger charge is 2.21. The second-order valence-electron chi connectivity index (χ2n) is 5.52. The van der Waals surface area contributed by atoms with Crippen molar-refractivity contribution in [3.63, 3.8) is 0 Å². The maximum absolute atomic E-state index is 12.5. The smallest absolute Gasteiger partial charge is 0.294 e. The molecule has 132 valence electrons. The summed E-state index contributed by atoms with van der Waals surface area (Å²) in [4.78, 5) is 26.3. The van der Waals surface area contributed by atoms with E-state index in [0.29, 0.717) is 6.54 Å². The van der Waals surface area contributed by atoms with Crippen molar-refractivity contribution < 1.29 is 9.59 Å². The van der Waals surface area contributed by atoms with Crippen molar-refractivity contribution >= 4 is 40.8 Å². The fourth-order valence-electron chi connectivity index (χ4n) is 2.52. The number of hydrogen-bond acceptors (Lipinski definition) is 2. The van der Waals surface area contributed by atoms with E-state index in [1.165, 1.54) is 10.5 Å². The third-order valence-corrected chi connectivity index (χ3v) is 4.39. The molecule has 4 nitrogen and oxygen atoms in total. The first-order valence-corrected chi connectivity index (χ1v) is 8.89. The molecule has 2 aromatic carbocycles. The standard InChI is InChI=1S/C19H20Cl2N2O2/c1-3-6-13-9-11-14(12-10-13)23(4-2)19(25)22-18(24)17-15(20)7-5-8-16(17)21/h5,7-12H,3-4,6H2,1-2H3,(H,22,24,25). The van der Waals surface area contributed by atoms with E-state index in [4.69, 9.17) is 23.2 Å². The van der Waals surface area contributed by atoms with Crippen molar-refractivity contribution in [1.82, 2.24) is 5.32 Å². The molecule has 2 aromatic rings. The molecule has 0 fully saturated rings. The number of nitrogens with one attached hydrogen (secondary N) is 1. The second kappa shape index (κ2) is 8.88. The summed E-state index contributed by atoms with van der Waals surface area (Å²) in [5, 5.41) is 2.74. The molecule has 0 radical (unpaired) electrons. The second-order valence-corrected chi connectivity index (χ2v) is 6.33. The highest BCUT2D eigenvalue weighted by atomic mass is 35.5. The molecule has 1 N–H and O–H groups in total. The lowest BCUT2D eigenvalue weighted by molar-refractivity contribution is 0.0966. The number of carbonyl (C=O) groups excluding carboxylic acids is 2. The summed E-state index contributed by atoms with van der Waals surface area (Å²) in [5.74, 6) is -0.623. The van der Waals surface area contributed by atoms with Gasteiger partial charge in [0.2, 0.25) is 0 Å². The monoisotopic (exact) mass is 378 g/mol. The molecule has 0 saturated heterocycles. The highest BCUT2D eigenvalue weighted by Crippen LogP contribution is 2.24. The Hall–Kier alpha value is -2.04. The van der Waals surface area contributed by atoms with Crippen molar-refractivity contribution in [3.8, 4) is 0 Å². The van der Waals surface area contributed by atoms with E-state index in [0.717, 1.165) is 18.5 Å². The Balaban J connectivity index is 2.15. The number of carbonyl (C=O) groups is 2. The number of hydrogen-bond donors (Lipinski definition) is 1. The van der Waals surface area contributed by atoms with Crippen LogP contribution in [0.5, 0.6) is 0 Å². The van der Waals surface area contributed by atoms with Crippen LogP contribution in [-0.2, 0) is 6.42 Å². The number of anilines is 1. The highest BCUT2D eigenvalue weighted by molar-refractivity contribution is 6.40.